The SMILES string of the molecule is CCC(C)C1CN(CC(C)(C)S(C)(=O)=O)CCN1. The lowest BCUT2D eigenvalue weighted by molar-refractivity contribution is 0.158. The summed E-state index contributed by atoms with van der Waals surface area (Å²) in [5, 5.41) is 3.53. The van der Waals surface area contributed by atoms with E-state index in [1.807, 2.05) is 13.8 Å². The summed E-state index contributed by atoms with van der Waals surface area (Å²) in [6, 6.07) is 0.485. The molecule has 1 heterocycles. The molecular weight excluding hydrogens is 248 g/mol. The maximum Gasteiger partial charge on any atom is 0.153 e. The molecule has 2 unspecified atom stereocenters. The Morgan fingerprint density at radius 3 is 2.56 bits per heavy atom. The van der Waals surface area contributed by atoms with Crippen LogP contribution in [-0.4, -0.2) is 56.5 Å². The van der Waals surface area contributed by atoms with Gasteiger partial charge in [0, 0.05) is 38.5 Å². The van der Waals surface area contributed by atoms with Crippen molar-refractivity contribution in [2.24, 2.45) is 5.92 Å². The number of hydrogen-bond donors (Lipinski definition) is 1. The van der Waals surface area contributed by atoms with E-state index in [9.17, 15) is 8.42 Å². The van der Waals surface area contributed by atoms with Crippen molar-refractivity contribution in [3.63, 3.8) is 0 Å². The van der Waals surface area contributed by atoms with Gasteiger partial charge in [-0.25, -0.2) is 8.42 Å². The van der Waals surface area contributed by atoms with Gasteiger partial charge in [0.1, 0.15) is 0 Å². The highest BCUT2D eigenvalue weighted by atomic mass is 32.2. The van der Waals surface area contributed by atoms with Gasteiger partial charge in [0.15, 0.2) is 9.84 Å². The molecule has 0 aromatic carbocycles. The molecule has 0 spiro atoms. The molecule has 1 saturated heterocycles. The van der Waals surface area contributed by atoms with E-state index in [0.717, 1.165) is 26.1 Å². The fourth-order valence-corrected chi connectivity index (χ4v) is 2.72. The zero-order valence-corrected chi connectivity index (χ0v) is 13.2. The highest BCUT2D eigenvalue weighted by Gasteiger charge is 2.34. The van der Waals surface area contributed by atoms with Gasteiger partial charge < -0.3 is 5.32 Å². The van der Waals surface area contributed by atoms with Crippen molar-refractivity contribution >= 4 is 9.84 Å². The van der Waals surface area contributed by atoms with E-state index in [0.29, 0.717) is 18.5 Å². The molecule has 0 aliphatic carbocycles. The minimum Gasteiger partial charge on any atom is -0.311 e. The number of nitrogens with one attached hydrogen (secondary N) is 1. The minimum atomic E-state index is -3.01. The maximum atomic E-state index is 11.8. The fraction of sp³-hybridized carbons (Fsp3) is 1.00. The van der Waals surface area contributed by atoms with Crippen molar-refractivity contribution < 1.29 is 8.42 Å². The molecule has 0 saturated carbocycles. The van der Waals surface area contributed by atoms with E-state index in [1.165, 1.54) is 6.26 Å². The highest BCUT2D eigenvalue weighted by molar-refractivity contribution is 7.92. The average molecular weight is 276 g/mol. The molecule has 1 aliphatic heterocycles. The largest absolute Gasteiger partial charge is 0.311 e. The van der Waals surface area contributed by atoms with Crippen LogP contribution in [0.15, 0.2) is 0 Å². The van der Waals surface area contributed by atoms with Crippen LogP contribution in [0, 0.1) is 5.92 Å². The third-order valence-electron chi connectivity index (χ3n) is 4.23. The van der Waals surface area contributed by atoms with Gasteiger partial charge in [-0.15, -0.1) is 0 Å². The van der Waals surface area contributed by atoms with Gasteiger partial charge >= 0.3 is 0 Å². The topological polar surface area (TPSA) is 49.4 Å². The van der Waals surface area contributed by atoms with Crippen LogP contribution in [0.3, 0.4) is 0 Å². The number of rotatable bonds is 5. The Balaban J connectivity index is 2.63. The van der Waals surface area contributed by atoms with Crippen molar-refractivity contribution in [3.8, 4) is 0 Å². The first kappa shape index (κ1) is 15.9. The molecule has 0 radical (unpaired) electrons. The summed E-state index contributed by atoms with van der Waals surface area (Å²) >= 11 is 0. The molecule has 108 valence electrons. The molecule has 18 heavy (non-hydrogen) atoms. The van der Waals surface area contributed by atoms with Gasteiger partial charge in [0.2, 0.25) is 0 Å². The van der Waals surface area contributed by atoms with Crippen LogP contribution < -0.4 is 5.32 Å². The normalized spacial score (nSPS) is 25.1. The second kappa shape index (κ2) is 5.88. The summed E-state index contributed by atoms with van der Waals surface area (Å²) in [7, 11) is -3.01. The molecule has 5 heteroatoms. The van der Waals surface area contributed by atoms with Crippen molar-refractivity contribution in [2.75, 3.05) is 32.4 Å². The number of piperazine rings is 1. The van der Waals surface area contributed by atoms with Crippen molar-refractivity contribution in [2.45, 2.75) is 44.9 Å². The summed E-state index contributed by atoms with van der Waals surface area (Å²) in [6.07, 6.45) is 2.49. The summed E-state index contributed by atoms with van der Waals surface area (Å²) in [4.78, 5) is 2.29. The molecule has 0 aromatic rings. The van der Waals surface area contributed by atoms with Gasteiger partial charge in [-0.2, -0.15) is 0 Å². The van der Waals surface area contributed by atoms with Gasteiger partial charge in [-0.05, 0) is 19.8 Å². The van der Waals surface area contributed by atoms with Crippen LogP contribution in [0.25, 0.3) is 0 Å². The van der Waals surface area contributed by atoms with Crippen LogP contribution in [0.4, 0.5) is 0 Å². The van der Waals surface area contributed by atoms with Crippen LogP contribution in [0.5, 0.6) is 0 Å². The average Bonchev–Trinajstić information content (AvgIpc) is 2.26. The lowest BCUT2D eigenvalue weighted by Gasteiger charge is -2.39. The molecule has 1 fully saturated rings. The van der Waals surface area contributed by atoms with Crippen LogP contribution in [0.1, 0.15) is 34.1 Å². The molecule has 1 N–H and O–H groups in total. The van der Waals surface area contributed by atoms with Crippen LogP contribution >= 0.6 is 0 Å². The Morgan fingerprint density at radius 1 is 1.44 bits per heavy atom. The quantitative estimate of drug-likeness (QED) is 0.818. The summed E-state index contributed by atoms with van der Waals surface area (Å²) in [6.45, 7) is 11.6. The lowest BCUT2D eigenvalue weighted by Crippen LogP contribution is -2.56. The van der Waals surface area contributed by atoms with Crippen molar-refractivity contribution in [1.29, 1.82) is 0 Å². The standard InChI is InChI=1S/C13H28N2O2S/c1-6-11(2)12-9-15(8-7-14-12)10-13(3,4)18(5,16)17/h11-12,14H,6-10H2,1-5H3. The maximum absolute atomic E-state index is 11.8. The molecule has 0 bridgehead atoms. The fourth-order valence-electron chi connectivity index (χ4n) is 2.31. The molecule has 4 nitrogen and oxygen atoms in total. The minimum absolute atomic E-state index is 0.485. The third kappa shape index (κ3) is 3.93. The summed E-state index contributed by atoms with van der Waals surface area (Å²) in [5.41, 5.74) is 0. The smallest absolute Gasteiger partial charge is 0.153 e. The monoisotopic (exact) mass is 276 g/mol. The number of sulfone groups is 1. The summed E-state index contributed by atoms with van der Waals surface area (Å²) < 4.78 is 22.8. The van der Waals surface area contributed by atoms with Gasteiger partial charge in [-0.3, -0.25) is 4.90 Å². The van der Waals surface area contributed by atoms with E-state index < -0.39 is 14.6 Å². The second-order valence-corrected chi connectivity index (χ2v) is 8.86. The molecule has 0 amide bonds. The number of hydrogen-bond acceptors (Lipinski definition) is 4. The predicted molar refractivity (Wildman–Crippen MR) is 76.6 cm³/mol. The van der Waals surface area contributed by atoms with E-state index in [1.54, 1.807) is 0 Å². The van der Waals surface area contributed by atoms with E-state index in [2.05, 4.69) is 24.1 Å². The first-order valence-electron chi connectivity index (χ1n) is 6.82. The summed E-state index contributed by atoms with van der Waals surface area (Å²) in [5.74, 6) is 0.633. The first-order chi connectivity index (χ1) is 8.17. The Hall–Kier alpha value is -0.130. The van der Waals surface area contributed by atoms with Crippen LogP contribution in [-0.2, 0) is 9.84 Å². The van der Waals surface area contributed by atoms with Crippen molar-refractivity contribution in [3.05, 3.63) is 0 Å². The molecule has 0 aromatic heterocycles. The molecule has 2 atom stereocenters. The van der Waals surface area contributed by atoms with Gasteiger partial charge in [0.05, 0.1) is 4.75 Å². The Kier molecular flexibility index (Phi) is 5.21. The molecule has 1 aliphatic rings. The zero-order chi connectivity index (χ0) is 14.0. The Bertz CT molecular complexity index is 365. The molecule has 1 rings (SSSR count). The van der Waals surface area contributed by atoms with Crippen molar-refractivity contribution in [1.82, 2.24) is 10.2 Å². The molecular formula is C13H28N2O2S. The first-order valence-corrected chi connectivity index (χ1v) is 8.72. The van der Waals surface area contributed by atoms with E-state index in [-0.39, 0.29) is 0 Å². The third-order valence-corrected chi connectivity index (χ3v) is 6.37. The highest BCUT2D eigenvalue weighted by Crippen LogP contribution is 2.19. The number of nitrogens with zero attached hydrogens (tertiary/aromatic N) is 1. The predicted octanol–water partition coefficient (Wildman–Crippen LogP) is 1.13. The van der Waals surface area contributed by atoms with Gasteiger partial charge in [0.25, 0.3) is 0 Å². The zero-order valence-electron chi connectivity index (χ0n) is 12.4. The Morgan fingerprint density at radius 2 is 2.06 bits per heavy atom. The Labute approximate surface area is 112 Å². The van der Waals surface area contributed by atoms with E-state index >= 15 is 0 Å². The van der Waals surface area contributed by atoms with E-state index in [4.69, 9.17) is 0 Å². The second-order valence-electron chi connectivity index (χ2n) is 6.21. The van der Waals surface area contributed by atoms with Crippen LogP contribution in [0.2, 0.25) is 0 Å². The lowest BCUT2D eigenvalue weighted by atomic mass is 9.97. The van der Waals surface area contributed by atoms with Gasteiger partial charge in [-0.1, -0.05) is 20.3 Å².